The van der Waals surface area contributed by atoms with E-state index in [9.17, 15) is 8.78 Å². The second kappa shape index (κ2) is 3.93. The lowest BCUT2D eigenvalue weighted by atomic mass is 10.2. The molecule has 5 heteroatoms. The quantitative estimate of drug-likeness (QED) is 0.611. The van der Waals surface area contributed by atoms with Gasteiger partial charge in [-0.15, -0.1) is 0 Å². The summed E-state index contributed by atoms with van der Waals surface area (Å²) in [6, 6.07) is 2.39. The second-order valence-electron chi connectivity index (χ2n) is 2.16. The molecular weight excluding hydrogens is 232 g/mol. The largest absolute Gasteiger partial charge is 0.316 e. The first-order valence-corrected chi connectivity index (χ1v) is 3.95. The lowest BCUT2D eigenvalue weighted by molar-refractivity contribution is 0.158. The molecule has 0 fully saturated rings. The van der Waals surface area contributed by atoms with Crippen molar-refractivity contribution in [2.45, 2.75) is 6.54 Å². The van der Waals surface area contributed by atoms with Gasteiger partial charge >= 0.3 is 0 Å². The molecule has 0 saturated carbocycles. The Morgan fingerprint density at radius 2 is 2.08 bits per heavy atom. The molecule has 0 unspecified atom stereocenters. The molecule has 2 nitrogen and oxygen atoms in total. The van der Waals surface area contributed by atoms with E-state index in [0.717, 1.165) is 6.07 Å². The number of hydrogen-bond donors (Lipinski definition) is 2. The second-order valence-corrected chi connectivity index (χ2v) is 3.01. The van der Waals surface area contributed by atoms with Crippen molar-refractivity contribution in [2.24, 2.45) is 0 Å². The predicted octanol–water partition coefficient (Wildman–Crippen LogP) is 2.21. The lowest BCUT2D eigenvalue weighted by Crippen LogP contribution is -2.10. The van der Waals surface area contributed by atoms with Crippen molar-refractivity contribution in [3.8, 4) is 0 Å². The lowest BCUT2D eigenvalue weighted by Gasteiger charge is -2.04. The van der Waals surface area contributed by atoms with E-state index in [1.165, 1.54) is 6.07 Å². The third-order valence-electron chi connectivity index (χ3n) is 1.39. The molecule has 1 rings (SSSR count). The monoisotopic (exact) mass is 237 g/mol. The average Bonchev–Trinajstić information content (AvgIpc) is 2.06. The van der Waals surface area contributed by atoms with Crippen molar-refractivity contribution in [3.05, 3.63) is 33.8 Å². The minimum absolute atomic E-state index is 0.175. The maximum Gasteiger partial charge on any atom is 0.144 e. The van der Waals surface area contributed by atoms with Gasteiger partial charge in [-0.25, -0.2) is 14.3 Å². The summed E-state index contributed by atoms with van der Waals surface area (Å²) in [6.45, 7) is -0.253. The Morgan fingerprint density at radius 3 is 2.67 bits per heavy atom. The first kappa shape index (κ1) is 9.57. The van der Waals surface area contributed by atoms with Crippen molar-refractivity contribution >= 4 is 15.9 Å². The fourth-order valence-corrected chi connectivity index (χ4v) is 1.18. The Labute approximate surface area is 76.3 Å². The molecule has 1 aromatic carbocycles. The van der Waals surface area contributed by atoms with E-state index in [0.29, 0.717) is 0 Å². The fourth-order valence-electron chi connectivity index (χ4n) is 0.810. The molecule has 0 heterocycles. The maximum atomic E-state index is 13.0. The van der Waals surface area contributed by atoms with Crippen molar-refractivity contribution < 1.29 is 14.0 Å². The summed E-state index contributed by atoms with van der Waals surface area (Å²) < 4.78 is 26.0. The molecule has 0 saturated heterocycles. The van der Waals surface area contributed by atoms with Gasteiger partial charge in [-0.05, 0) is 28.1 Å². The standard InChI is InChI=1S/C7H6BrF2NO/c8-5-1-2-6(9)4(3-11-12)7(5)10/h1-2,11-12H,3H2. The van der Waals surface area contributed by atoms with Gasteiger partial charge in [0.15, 0.2) is 0 Å². The van der Waals surface area contributed by atoms with Crippen LogP contribution in [-0.2, 0) is 6.54 Å². The van der Waals surface area contributed by atoms with Gasteiger partial charge in [0.2, 0.25) is 0 Å². The summed E-state index contributed by atoms with van der Waals surface area (Å²) in [6.07, 6.45) is 0. The molecule has 66 valence electrons. The Bertz CT molecular complexity index is 293. The number of rotatable bonds is 2. The molecule has 0 spiro atoms. The third-order valence-corrected chi connectivity index (χ3v) is 2.01. The summed E-state index contributed by atoms with van der Waals surface area (Å²) >= 11 is 2.90. The molecule has 0 atom stereocenters. The molecule has 0 aliphatic carbocycles. The van der Waals surface area contributed by atoms with Gasteiger partial charge in [-0.2, -0.15) is 0 Å². The molecule has 0 aromatic heterocycles. The van der Waals surface area contributed by atoms with Crippen molar-refractivity contribution in [3.63, 3.8) is 0 Å². The molecule has 1 aromatic rings. The summed E-state index contributed by atoms with van der Waals surface area (Å²) in [5.74, 6) is -1.38. The summed E-state index contributed by atoms with van der Waals surface area (Å²) in [4.78, 5) is 0. The Hall–Kier alpha value is -0.520. The molecular formula is C7H6BrF2NO. The highest BCUT2D eigenvalue weighted by Gasteiger charge is 2.10. The average molecular weight is 238 g/mol. The number of hydrogen-bond acceptors (Lipinski definition) is 2. The van der Waals surface area contributed by atoms with Crippen LogP contribution in [0.1, 0.15) is 5.56 Å². The molecule has 0 bridgehead atoms. The first-order chi connectivity index (χ1) is 5.66. The molecule has 0 aliphatic rings. The van der Waals surface area contributed by atoms with Crippen LogP contribution >= 0.6 is 15.9 Å². The van der Waals surface area contributed by atoms with Crippen LogP contribution in [0, 0.1) is 11.6 Å². The first-order valence-electron chi connectivity index (χ1n) is 3.16. The summed E-state index contributed by atoms with van der Waals surface area (Å²) in [5, 5.41) is 8.26. The highest BCUT2D eigenvalue weighted by molar-refractivity contribution is 9.10. The van der Waals surface area contributed by atoms with Gasteiger partial charge in [0.25, 0.3) is 0 Å². The molecule has 0 amide bonds. The van der Waals surface area contributed by atoms with Gasteiger partial charge in [-0.1, -0.05) is 0 Å². The number of hydroxylamine groups is 1. The van der Waals surface area contributed by atoms with Crippen LogP contribution in [0.2, 0.25) is 0 Å². The Morgan fingerprint density at radius 1 is 1.42 bits per heavy atom. The zero-order valence-electron chi connectivity index (χ0n) is 5.94. The van der Waals surface area contributed by atoms with E-state index in [1.54, 1.807) is 5.48 Å². The van der Waals surface area contributed by atoms with Gasteiger partial charge in [0.05, 0.1) is 11.0 Å². The molecule has 0 aliphatic heterocycles. The minimum atomic E-state index is -0.698. The van der Waals surface area contributed by atoms with Gasteiger partial charge in [-0.3, -0.25) is 0 Å². The predicted molar refractivity (Wildman–Crippen MR) is 42.7 cm³/mol. The fraction of sp³-hybridized carbons (Fsp3) is 0.143. The normalized spacial score (nSPS) is 10.3. The van der Waals surface area contributed by atoms with E-state index < -0.39 is 11.6 Å². The van der Waals surface area contributed by atoms with Crippen LogP contribution in [0.5, 0.6) is 0 Å². The van der Waals surface area contributed by atoms with Crippen molar-refractivity contribution in [2.75, 3.05) is 0 Å². The topological polar surface area (TPSA) is 32.3 Å². The molecule has 0 radical (unpaired) electrons. The zero-order valence-corrected chi connectivity index (χ0v) is 7.53. The number of halogens is 3. The minimum Gasteiger partial charge on any atom is -0.316 e. The zero-order chi connectivity index (χ0) is 9.14. The molecule has 12 heavy (non-hydrogen) atoms. The van der Waals surface area contributed by atoms with Crippen LogP contribution < -0.4 is 5.48 Å². The molecule has 2 N–H and O–H groups in total. The van der Waals surface area contributed by atoms with E-state index >= 15 is 0 Å². The van der Waals surface area contributed by atoms with Crippen LogP contribution in [0.25, 0.3) is 0 Å². The van der Waals surface area contributed by atoms with Crippen LogP contribution in [0.15, 0.2) is 16.6 Å². The Kier molecular flexibility index (Phi) is 3.13. The number of nitrogens with one attached hydrogen (secondary N) is 1. The van der Waals surface area contributed by atoms with Gasteiger partial charge in [0.1, 0.15) is 11.6 Å². The summed E-state index contributed by atoms with van der Waals surface area (Å²) in [5.41, 5.74) is 1.50. The summed E-state index contributed by atoms with van der Waals surface area (Å²) in [7, 11) is 0. The van der Waals surface area contributed by atoms with Crippen molar-refractivity contribution in [1.29, 1.82) is 0 Å². The van der Waals surface area contributed by atoms with Crippen LogP contribution in [0.3, 0.4) is 0 Å². The Balaban J connectivity index is 3.14. The van der Waals surface area contributed by atoms with E-state index in [1.807, 2.05) is 0 Å². The SMILES string of the molecule is ONCc1c(F)ccc(Br)c1F. The third kappa shape index (κ3) is 1.80. The van der Waals surface area contributed by atoms with Gasteiger partial charge < -0.3 is 5.21 Å². The maximum absolute atomic E-state index is 13.0. The van der Waals surface area contributed by atoms with Crippen LogP contribution in [0.4, 0.5) is 8.78 Å². The van der Waals surface area contributed by atoms with Crippen molar-refractivity contribution in [1.82, 2.24) is 5.48 Å². The van der Waals surface area contributed by atoms with E-state index in [2.05, 4.69) is 15.9 Å². The van der Waals surface area contributed by atoms with Gasteiger partial charge in [0, 0.05) is 5.56 Å². The number of benzene rings is 1. The highest BCUT2D eigenvalue weighted by atomic mass is 79.9. The highest BCUT2D eigenvalue weighted by Crippen LogP contribution is 2.21. The van der Waals surface area contributed by atoms with E-state index in [-0.39, 0.29) is 16.6 Å². The van der Waals surface area contributed by atoms with Crippen LogP contribution in [-0.4, -0.2) is 5.21 Å². The smallest absolute Gasteiger partial charge is 0.144 e. The van der Waals surface area contributed by atoms with E-state index in [4.69, 9.17) is 5.21 Å².